The van der Waals surface area contributed by atoms with E-state index in [1.807, 2.05) is 0 Å². The lowest BCUT2D eigenvalue weighted by atomic mass is 10.1. The van der Waals surface area contributed by atoms with E-state index >= 15 is 0 Å². The molecule has 0 aromatic heterocycles. The standard InChI is InChI=1S/C8H10O4/c9-6-2-1-5(3-8(11)12)7(10)4-6/h1-2,4,8-12H,3H2. The molecule has 0 heterocycles. The predicted molar refractivity (Wildman–Crippen MR) is 41.7 cm³/mol. The highest BCUT2D eigenvalue weighted by Gasteiger charge is 2.05. The van der Waals surface area contributed by atoms with Crippen molar-refractivity contribution >= 4 is 0 Å². The molecule has 0 aliphatic heterocycles. The number of phenolic OH excluding ortho intramolecular Hbond substituents is 2. The number of aromatic hydroxyl groups is 2. The van der Waals surface area contributed by atoms with Crippen LogP contribution in [0.4, 0.5) is 0 Å². The highest BCUT2D eigenvalue weighted by atomic mass is 16.5. The molecule has 0 saturated heterocycles. The van der Waals surface area contributed by atoms with E-state index in [0.717, 1.165) is 6.07 Å². The summed E-state index contributed by atoms with van der Waals surface area (Å²) in [6, 6.07) is 3.96. The lowest BCUT2D eigenvalue weighted by molar-refractivity contribution is -0.0385. The van der Waals surface area contributed by atoms with Crippen molar-refractivity contribution in [1.29, 1.82) is 0 Å². The summed E-state index contributed by atoms with van der Waals surface area (Å²) in [6.45, 7) is 0. The third-order valence-electron chi connectivity index (χ3n) is 1.47. The zero-order chi connectivity index (χ0) is 9.14. The second-order valence-electron chi connectivity index (χ2n) is 2.50. The largest absolute Gasteiger partial charge is 0.508 e. The van der Waals surface area contributed by atoms with Gasteiger partial charge >= 0.3 is 0 Å². The molecule has 4 nitrogen and oxygen atoms in total. The summed E-state index contributed by atoms with van der Waals surface area (Å²) in [5, 5.41) is 35.2. The van der Waals surface area contributed by atoms with Gasteiger partial charge in [-0.1, -0.05) is 6.07 Å². The monoisotopic (exact) mass is 170 g/mol. The van der Waals surface area contributed by atoms with Crippen molar-refractivity contribution in [3.63, 3.8) is 0 Å². The molecule has 0 radical (unpaired) electrons. The third kappa shape index (κ3) is 2.11. The summed E-state index contributed by atoms with van der Waals surface area (Å²) in [4.78, 5) is 0. The van der Waals surface area contributed by atoms with Crippen LogP contribution in [0.3, 0.4) is 0 Å². The van der Waals surface area contributed by atoms with Gasteiger partial charge in [0.15, 0.2) is 6.29 Å². The number of aliphatic hydroxyl groups excluding tert-OH is 1. The Bertz CT molecular complexity index is 270. The van der Waals surface area contributed by atoms with Gasteiger partial charge in [0.2, 0.25) is 0 Å². The molecular formula is C8H10O4. The second-order valence-corrected chi connectivity index (χ2v) is 2.50. The van der Waals surface area contributed by atoms with Crippen LogP contribution >= 0.6 is 0 Å². The molecular weight excluding hydrogens is 160 g/mol. The minimum Gasteiger partial charge on any atom is -0.508 e. The van der Waals surface area contributed by atoms with Gasteiger partial charge in [-0.2, -0.15) is 0 Å². The third-order valence-corrected chi connectivity index (χ3v) is 1.47. The molecule has 1 aromatic rings. The first-order valence-corrected chi connectivity index (χ1v) is 3.46. The fourth-order valence-electron chi connectivity index (χ4n) is 0.922. The number of benzene rings is 1. The number of aliphatic hydroxyl groups is 2. The van der Waals surface area contributed by atoms with Crippen molar-refractivity contribution in [3.8, 4) is 11.5 Å². The molecule has 1 aromatic carbocycles. The Morgan fingerprint density at radius 2 is 1.83 bits per heavy atom. The average molecular weight is 170 g/mol. The molecule has 12 heavy (non-hydrogen) atoms. The lowest BCUT2D eigenvalue weighted by Crippen LogP contribution is -2.08. The Morgan fingerprint density at radius 3 is 2.33 bits per heavy atom. The summed E-state index contributed by atoms with van der Waals surface area (Å²) in [5.74, 6) is -0.188. The van der Waals surface area contributed by atoms with Crippen LogP contribution in [-0.2, 0) is 6.42 Å². The molecule has 0 atom stereocenters. The van der Waals surface area contributed by atoms with Crippen LogP contribution in [0.5, 0.6) is 11.5 Å². The van der Waals surface area contributed by atoms with Crippen molar-refractivity contribution in [3.05, 3.63) is 23.8 Å². The molecule has 4 heteroatoms. The van der Waals surface area contributed by atoms with Gasteiger partial charge in [0, 0.05) is 12.5 Å². The summed E-state index contributed by atoms with van der Waals surface area (Å²) in [6.07, 6.45) is -1.54. The fraction of sp³-hybridized carbons (Fsp3) is 0.250. The molecule has 1 rings (SSSR count). The number of rotatable bonds is 2. The van der Waals surface area contributed by atoms with Crippen LogP contribution in [0.2, 0.25) is 0 Å². The predicted octanol–water partition coefficient (Wildman–Crippen LogP) is -0.0490. The van der Waals surface area contributed by atoms with Gasteiger partial charge in [-0.05, 0) is 11.6 Å². The van der Waals surface area contributed by atoms with Gasteiger partial charge in [-0.15, -0.1) is 0 Å². The van der Waals surface area contributed by atoms with Crippen molar-refractivity contribution in [2.24, 2.45) is 0 Å². The van der Waals surface area contributed by atoms with E-state index in [2.05, 4.69) is 0 Å². The van der Waals surface area contributed by atoms with Crippen LogP contribution in [0.15, 0.2) is 18.2 Å². The van der Waals surface area contributed by atoms with Gasteiger partial charge in [-0.25, -0.2) is 0 Å². The first-order valence-electron chi connectivity index (χ1n) is 3.46. The highest BCUT2D eigenvalue weighted by molar-refractivity contribution is 5.39. The van der Waals surface area contributed by atoms with Gasteiger partial charge in [-0.3, -0.25) is 0 Å². The molecule has 0 aliphatic rings. The topological polar surface area (TPSA) is 80.9 Å². The highest BCUT2D eigenvalue weighted by Crippen LogP contribution is 2.23. The SMILES string of the molecule is Oc1ccc(CC(O)O)c(O)c1. The first kappa shape index (κ1) is 8.83. The molecule has 4 N–H and O–H groups in total. The second kappa shape index (κ2) is 3.42. The number of hydrogen-bond donors (Lipinski definition) is 4. The maximum absolute atomic E-state index is 9.16. The average Bonchev–Trinajstić information content (AvgIpc) is 1.94. The Hall–Kier alpha value is -1.26. The Labute approximate surface area is 69.3 Å². The summed E-state index contributed by atoms with van der Waals surface area (Å²) in [5.41, 5.74) is 0.391. The smallest absolute Gasteiger partial charge is 0.155 e. The molecule has 0 aliphatic carbocycles. The van der Waals surface area contributed by atoms with Crippen molar-refractivity contribution < 1.29 is 20.4 Å². The molecule has 0 bridgehead atoms. The molecule has 0 amide bonds. The molecule has 0 saturated carbocycles. The van der Waals surface area contributed by atoms with Crippen LogP contribution in [0, 0.1) is 0 Å². The van der Waals surface area contributed by atoms with E-state index in [9.17, 15) is 0 Å². The van der Waals surface area contributed by atoms with Crippen LogP contribution in [0.1, 0.15) is 5.56 Å². The van der Waals surface area contributed by atoms with E-state index in [0.29, 0.717) is 5.56 Å². The van der Waals surface area contributed by atoms with E-state index in [4.69, 9.17) is 20.4 Å². The van der Waals surface area contributed by atoms with Crippen molar-refractivity contribution in [2.45, 2.75) is 12.7 Å². The fourth-order valence-corrected chi connectivity index (χ4v) is 0.922. The lowest BCUT2D eigenvalue weighted by Gasteiger charge is -2.05. The van der Waals surface area contributed by atoms with Gasteiger partial charge in [0.1, 0.15) is 11.5 Å². The van der Waals surface area contributed by atoms with Gasteiger partial charge in [0.05, 0.1) is 0 Å². The van der Waals surface area contributed by atoms with E-state index < -0.39 is 6.29 Å². The van der Waals surface area contributed by atoms with Gasteiger partial charge < -0.3 is 20.4 Å². The van der Waals surface area contributed by atoms with E-state index in [1.165, 1.54) is 12.1 Å². The zero-order valence-corrected chi connectivity index (χ0v) is 6.31. The molecule has 0 spiro atoms. The van der Waals surface area contributed by atoms with Gasteiger partial charge in [0.25, 0.3) is 0 Å². The summed E-state index contributed by atoms with van der Waals surface area (Å²) < 4.78 is 0. The zero-order valence-electron chi connectivity index (χ0n) is 6.31. The Kier molecular flexibility index (Phi) is 2.52. The Balaban J connectivity index is 2.86. The number of hydrogen-bond acceptors (Lipinski definition) is 4. The minimum absolute atomic E-state index is 0.0495. The first-order chi connectivity index (χ1) is 5.59. The quantitative estimate of drug-likeness (QED) is 0.469. The van der Waals surface area contributed by atoms with Crippen LogP contribution in [-0.4, -0.2) is 26.7 Å². The minimum atomic E-state index is -1.49. The Morgan fingerprint density at radius 1 is 1.17 bits per heavy atom. The summed E-state index contributed by atoms with van der Waals surface area (Å²) >= 11 is 0. The molecule has 0 unspecified atom stereocenters. The molecule has 66 valence electrons. The molecule has 0 fully saturated rings. The van der Waals surface area contributed by atoms with Crippen LogP contribution < -0.4 is 0 Å². The number of phenols is 2. The van der Waals surface area contributed by atoms with Crippen LogP contribution in [0.25, 0.3) is 0 Å². The van der Waals surface area contributed by atoms with Crippen molar-refractivity contribution in [2.75, 3.05) is 0 Å². The maximum atomic E-state index is 9.16. The van der Waals surface area contributed by atoms with E-state index in [-0.39, 0.29) is 17.9 Å². The van der Waals surface area contributed by atoms with E-state index in [1.54, 1.807) is 0 Å². The van der Waals surface area contributed by atoms with Crippen molar-refractivity contribution in [1.82, 2.24) is 0 Å². The maximum Gasteiger partial charge on any atom is 0.155 e. The summed E-state index contributed by atoms with van der Waals surface area (Å²) in [7, 11) is 0. The normalized spacial score (nSPS) is 10.6.